The Morgan fingerprint density at radius 3 is 2.06 bits per heavy atom. The second kappa shape index (κ2) is 9.52. The number of sulfonamides is 1. The number of hydrogen-bond donors (Lipinski definition) is 0. The number of aromatic nitrogens is 2. The zero-order valence-electron chi connectivity index (χ0n) is 20.2. The van der Waals surface area contributed by atoms with Crippen molar-refractivity contribution in [2.45, 2.75) is 24.8 Å². The molecule has 0 radical (unpaired) electrons. The molecule has 0 bridgehead atoms. The maximum atomic E-state index is 13.7. The number of benzene rings is 3. The summed E-state index contributed by atoms with van der Waals surface area (Å²) in [5.41, 5.74) is 1.65. The fraction of sp³-hybridized carbons (Fsp3) is 0.231. The molecular formula is C26H27N3O5S. The molecule has 0 saturated heterocycles. The van der Waals surface area contributed by atoms with E-state index in [1.165, 1.54) is 35.2 Å². The molecule has 1 heterocycles. The Labute approximate surface area is 204 Å². The first kappa shape index (κ1) is 24.4. The molecule has 0 aliphatic carbocycles. The molecule has 0 aliphatic rings. The normalized spacial score (nSPS) is 12.6. The van der Waals surface area contributed by atoms with Gasteiger partial charge in [-0.05, 0) is 74.0 Å². The van der Waals surface area contributed by atoms with Crippen LogP contribution in [0.3, 0.4) is 0 Å². The maximum absolute atomic E-state index is 13.7. The summed E-state index contributed by atoms with van der Waals surface area (Å²) < 4.78 is 40.0. The second-order valence-corrected chi connectivity index (χ2v) is 10.1. The van der Waals surface area contributed by atoms with Crippen LogP contribution in [0.25, 0.3) is 16.6 Å². The summed E-state index contributed by atoms with van der Waals surface area (Å²) in [5.74, 6) is 1.50. The van der Waals surface area contributed by atoms with Gasteiger partial charge in [0, 0.05) is 7.05 Å². The Kier molecular flexibility index (Phi) is 6.64. The molecule has 1 aromatic heterocycles. The number of hydrogen-bond acceptors (Lipinski definition) is 6. The molecule has 0 amide bonds. The van der Waals surface area contributed by atoms with Gasteiger partial charge in [0.25, 0.3) is 5.56 Å². The highest BCUT2D eigenvalue weighted by atomic mass is 32.2. The summed E-state index contributed by atoms with van der Waals surface area (Å²) in [7, 11) is 0.669. The fourth-order valence-corrected chi connectivity index (χ4v) is 5.24. The first-order chi connectivity index (χ1) is 16.7. The third-order valence-corrected chi connectivity index (χ3v) is 8.06. The fourth-order valence-electron chi connectivity index (χ4n) is 3.91. The lowest BCUT2D eigenvalue weighted by atomic mass is 10.1. The summed E-state index contributed by atoms with van der Waals surface area (Å²) in [5, 5.41) is 0.456. The molecule has 8 nitrogen and oxygen atoms in total. The Bertz CT molecular complexity index is 1530. The first-order valence-corrected chi connectivity index (χ1v) is 12.4. The van der Waals surface area contributed by atoms with Gasteiger partial charge in [0.2, 0.25) is 10.0 Å². The van der Waals surface area contributed by atoms with Crippen molar-refractivity contribution in [2.24, 2.45) is 0 Å². The van der Waals surface area contributed by atoms with Gasteiger partial charge in [-0.2, -0.15) is 4.31 Å². The Hall–Kier alpha value is -3.69. The van der Waals surface area contributed by atoms with Crippen molar-refractivity contribution in [2.75, 3.05) is 21.3 Å². The van der Waals surface area contributed by atoms with E-state index in [4.69, 9.17) is 14.5 Å². The van der Waals surface area contributed by atoms with Crippen molar-refractivity contribution in [1.82, 2.24) is 13.9 Å². The number of ether oxygens (including phenoxy) is 2. The predicted molar refractivity (Wildman–Crippen MR) is 135 cm³/mol. The molecule has 0 aliphatic heterocycles. The molecule has 0 N–H and O–H groups in total. The monoisotopic (exact) mass is 493 g/mol. The standard InChI is InChI=1S/C26H27N3O5S/c1-17-7-6-8-23-24(17)27-25(29(26(23)30)19-9-11-20(33-4)12-10-19)18(2)28(3)35(31,32)22-15-13-21(34-5)14-16-22/h6-16,18H,1-5H3. The van der Waals surface area contributed by atoms with E-state index < -0.39 is 16.1 Å². The third-order valence-electron chi connectivity index (χ3n) is 6.11. The van der Waals surface area contributed by atoms with E-state index in [0.717, 1.165) is 5.56 Å². The molecule has 1 unspecified atom stereocenters. The second-order valence-electron chi connectivity index (χ2n) is 8.15. The third kappa shape index (κ3) is 4.40. The van der Waals surface area contributed by atoms with Crippen molar-refractivity contribution in [3.8, 4) is 17.2 Å². The van der Waals surface area contributed by atoms with Gasteiger partial charge < -0.3 is 9.47 Å². The van der Waals surface area contributed by atoms with Gasteiger partial charge in [0.05, 0.1) is 41.7 Å². The van der Waals surface area contributed by atoms with Crippen molar-refractivity contribution in [3.05, 3.63) is 88.5 Å². The van der Waals surface area contributed by atoms with Gasteiger partial charge >= 0.3 is 0 Å². The van der Waals surface area contributed by atoms with Crippen LogP contribution in [0.15, 0.2) is 76.4 Å². The minimum absolute atomic E-state index is 0.114. The number of methoxy groups -OCH3 is 2. The van der Waals surface area contributed by atoms with Crippen LogP contribution in [0.2, 0.25) is 0 Å². The van der Waals surface area contributed by atoms with Gasteiger partial charge in [0.15, 0.2) is 0 Å². The highest BCUT2D eigenvalue weighted by Crippen LogP contribution is 2.28. The SMILES string of the molecule is COc1ccc(-n2c(C(C)N(C)S(=O)(=O)c3ccc(OC)cc3)nc3c(C)cccc3c2=O)cc1. The quantitative estimate of drug-likeness (QED) is 0.385. The van der Waals surface area contributed by atoms with Crippen molar-refractivity contribution >= 4 is 20.9 Å². The molecule has 0 fully saturated rings. The Morgan fingerprint density at radius 1 is 0.914 bits per heavy atom. The van der Waals surface area contributed by atoms with Crippen molar-refractivity contribution in [1.29, 1.82) is 0 Å². The van der Waals surface area contributed by atoms with E-state index in [-0.39, 0.29) is 10.5 Å². The molecule has 3 aromatic carbocycles. The Balaban J connectivity index is 1.90. The summed E-state index contributed by atoms with van der Waals surface area (Å²) >= 11 is 0. The average molecular weight is 494 g/mol. The Morgan fingerprint density at radius 2 is 1.49 bits per heavy atom. The van der Waals surface area contributed by atoms with E-state index in [2.05, 4.69) is 0 Å². The first-order valence-electron chi connectivity index (χ1n) is 11.0. The van der Waals surface area contributed by atoms with Crippen LogP contribution in [0.4, 0.5) is 0 Å². The van der Waals surface area contributed by atoms with E-state index in [1.54, 1.807) is 56.5 Å². The van der Waals surface area contributed by atoms with E-state index in [0.29, 0.717) is 33.9 Å². The molecule has 4 aromatic rings. The zero-order chi connectivity index (χ0) is 25.3. The smallest absolute Gasteiger partial charge is 0.266 e. The number of fused-ring (bicyclic) bond motifs is 1. The van der Waals surface area contributed by atoms with Crippen molar-refractivity contribution < 1.29 is 17.9 Å². The van der Waals surface area contributed by atoms with Crippen molar-refractivity contribution in [3.63, 3.8) is 0 Å². The summed E-state index contributed by atoms with van der Waals surface area (Å²) in [6, 6.07) is 17.8. The van der Waals surface area contributed by atoms with Crippen LogP contribution in [0.1, 0.15) is 24.4 Å². The maximum Gasteiger partial charge on any atom is 0.266 e. The van der Waals surface area contributed by atoms with Gasteiger partial charge in [-0.25, -0.2) is 13.4 Å². The molecular weight excluding hydrogens is 466 g/mol. The number of rotatable bonds is 7. The predicted octanol–water partition coefficient (Wildman–Crippen LogP) is 4.09. The molecule has 9 heteroatoms. The summed E-state index contributed by atoms with van der Waals surface area (Å²) in [6.07, 6.45) is 0. The topological polar surface area (TPSA) is 90.7 Å². The zero-order valence-corrected chi connectivity index (χ0v) is 21.0. The summed E-state index contributed by atoms with van der Waals surface area (Å²) in [6.45, 7) is 3.59. The van der Waals surface area contributed by atoms with Gasteiger partial charge in [-0.1, -0.05) is 12.1 Å². The minimum Gasteiger partial charge on any atom is -0.497 e. The summed E-state index contributed by atoms with van der Waals surface area (Å²) in [4.78, 5) is 18.6. The molecule has 4 rings (SSSR count). The van der Waals surface area contributed by atoms with Crippen LogP contribution in [-0.2, 0) is 10.0 Å². The van der Waals surface area contributed by atoms with Gasteiger partial charge in [0.1, 0.15) is 17.3 Å². The van der Waals surface area contributed by atoms with Crippen LogP contribution in [0.5, 0.6) is 11.5 Å². The van der Waals surface area contributed by atoms with E-state index in [1.807, 2.05) is 19.1 Å². The lowest BCUT2D eigenvalue weighted by Crippen LogP contribution is -2.35. The number of para-hydroxylation sites is 1. The highest BCUT2D eigenvalue weighted by molar-refractivity contribution is 7.89. The lowest BCUT2D eigenvalue weighted by Gasteiger charge is -2.26. The van der Waals surface area contributed by atoms with Crippen LogP contribution in [-0.4, -0.2) is 43.5 Å². The minimum atomic E-state index is -3.89. The van der Waals surface area contributed by atoms with Crippen LogP contribution < -0.4 is 15.0 Å². The molecule has 1 atom stereocenters. The largest absolute Gasteiger partial charge is 0.497 e. The van der Waals surface area contributed by atoms with Gasteiger partial charge in [-0.15, -0.1) is 0 Å². The molecule has 0 saturated carbocycles. The van der Waals surface area contributed by atoms with Crippen LogP contribution >= 0.6 is 0 Å². The molecule has 35 heavy (non-hydrogen) atoms. The molecule has 182 valence electrons. The van der Waals surface area contributed by atoms with E-state index >= 15 is 0 Å². The van der Waals surface area contributed by atoms with E-state index in [9.17, 15) is 13.2 Å². The molecule has 0 spiro atoms. The number of nitrogens with zero attached hydrogens (tertiary/aromatic N) is 3. The van der Waals surface area contributed by atoms with Gasteiger partial charge in [-0.3, -0.25) is 9.36 Å². The lowest BCUT2D eigenvalue weighted by molar-refractivity contribution is 0.378. The average Bonchev–Trinajstić information content (AvgIpc) is 2.88. The highest BCUT2D eigenvalue weighted by Gasteiger charge is 2.30. The van der Waals surface area contributed by atoms with Crippen LogP contribution in [0, 0.1) is 6.92 Å². The number of aryl methyl sites for hydroxylation is 1.